The second-order valence-corrected chi connectivity index (χ2v) is 5.52. The van der Waals surface area contributed by atoms with Crippen LogP contribution in [0.3, 0.4) is 0 Å². The maximum absolute atomic E-state index is 5.24. The molecule has 0 aliphatic rings. The summed E-state index contributed by atoms with van der Waals surface area (Å²) < 4.78 is 0. The van der Waals surface area contributed by atoms with E-state index in [0.717, 1.165) is 11.4 Å². The van der Waals surface area contributed by atoms with Gasteiger partial charge in [-0.2, -0.15) is 0 Å². The predicted molar refractivity (Wildman–Crippen MR) is 74.1 cm³/mol. The van der Waals surface area contributed by atoms with E-state index >= 15 is 0 Å². The Morgan fingerprint density at radius 2 is 1.21 bits per heavy atom. The summed E-state index contributed by atoms with van der Waals surface area (Å²) in [6, 6.07) is 3.60. The molecule has 0 atom stereocenters. The van der Waals surface area contributed by atoms with Crippen molar-refractivity contribution in [2.75, 3.05) is 11.5 Å². The summed E-state index contributed by atoms with van der Waals surface area (Å²) in [5, 5.41) is 0. The van der Waals surface area contributed by atoms with Crippen molar-refractivity contribution in [3.63, 3.8) is 0 Å². The second-order valence-electron chi connectivity index (χ2n) is 3.16. The molecule has 0 bridgehead atoms. The number of nitrogen functional groups attached to an aromatic ring is 2. The molecule has 0 saturated heterocycles. The minimum absolute atomic E-state index is 0.106. The molecule has 6 nitrogen and oxygen atoms in total. The van der Waals surface area contributed by atoms with Crippen molar-refractivity contribution in [1.82, 2.24) is 19.9 Å². The molecule has 0 fully saturated rings. The normalized spacial score (nSPS) is 8.84. The van der Waals surface area contributed by atoms with Gasteiger partial charge in [-0.15, -0.1) is 0 Å². The average Bonchev–Trinajstić information content (AvgIpc) is 2.30. The molecule has 0 aliphatic heterocycles. The number of hydrogen-bond acceptors (Lipinski definition) is 6. The quantitative estimate of drug-likeness (QED) is 0.662. The van der Waals surface area contributed by atoms with Crippen LogP contribution < -0.4 is 11.5 Å². The van der Waals surface area contributed by atoms with Crippen molar-refractivity contribution < 1.29 is 15.9 Å². The van der Waals surface area contributed by atoms with Gasteiger partial charge in [-0.05, 0) is 26.0 Å². The fourth-order valence-electron chi connectivity index (χ4n) is 0.937. The minimum atomic E-state index is -0.106. The molecule has 108 valence electrons. The average molecular weight is 396 g/mol. The molecule has 9 heteroatoms. The van der Waals surface area contributed by atoms with Gasteiger partial charge >= 0.3 is 35.0 Å². The van der Waals surface area contributed by atoms with Gasteiger partial charge in [0.05, 0.1) is 0 Å². The molecule has 0 unspecified atom stereocenters. The Labute approximate surface area is 128 Å². The van der Waals surface area contributed by atoms with Gasteiger partial charge < -0.3 is 11.5 Å². The van der Waals surface area contributed by atoms with E-state index in [1.54, 1.807) is 24.5 Å². The van der Waals surface area contributed by atoms with Gasteiger partial charge in [0, 0.05) is 23.8 Å². The first-order valence-electron chi connectivity index (χ1n) is 4.92. The van der Waals surface area contributed by atoms with Crippen LogP contribution in [0.25, 0.3) is 0 Å². The fourth-order valence-corrected chi connectivity index (χ4v) is 0.937. The standard InChI is InChI=1S/2C5H7N3.2ClH.Pd/c2*1-4-2-3-7-5(6)8-4;;;/h2*2-3H,1H3,(H2,6,7,8);2*1H;/q;;;;+2/p-2. The molecule has 2 aromatic rings. The van der Waals surface area contributed by atoms with Gasteiger partial charge in [-0.3, -0.25) is 0 Å². The van der Waals surface area contributed by atoms with Crippen LogP contribution >= 0.6 is 19.1 Å². The summed E-state index contributed by atoms with van der Waals surface area (Å²) in [7, 11) is 9.63. The molecule has 0 aliphatic carbocycles. The number of nitrogens with zero attached hydrogens (tertiary/aromatic N) is 4. The Morgan fingerprint density at radius 3 is 1.37 bits per heavy atom. The molecule has 0 spiro atoms. The topological polar surface area (TPSA) is 104 Å². The van der Waals surface area contributed by atoms with Crippen LogP contribution in [0, 0.1) is 13.8 Å². The van der Waals surface area contributed by atoms with Crippen molar-refractivity contribution in [3.8, 4) is 0 Å². The zero-order valence-electron chi connectivity index (χ0n) is 10.3. The van der Waals surface area contributed by atoms with Crippen molar-refractivity contribution in [1.29, 1.82) is 0 Å². The Hall–Kier alpha value is -0.998. The maximum atomic E-state index is 5.24. The van der Waals surface area contributed by atoms with E-state index in [-0.39, 0.29) is 15.9 Å². The first-order valence-corrected chi connectivity index (χ1v) is 8.92. The molecule has 2 rings (SSSR count). The summed E-state index contributed by atoms with van der Waals surface area (Å²) >= 11 is -0.106. The molecule has 0 radical (unpaired) electrons. The van der Waals surface area contributed by atoms with E-state index in [2.05, 4.69) is 19.9 Å². The molecular weight excluding hydrogens is 381 g/mol. The van der Waals surface area contributed by atoms with Gasteiger partial charge in [0.2, 0.25) is 11.9 Å². The summed E-state index contributed by atoms with van der Waals surface area (Å²) in [6.45, 7) is 3.75. The van der Waals surface area contributed by atoms with Crippen LogP contribution in [0.1, 0.15) is 11.4 Å². The molecule has 0 amide bonds. The third kappa shape index (κ3) is 10.6. The van der Waals surface area contributed by atoms with E-state index in [4.69, 9.17) is 30.5 Å². The number of anilines is 2. The zero-order valence-corrected chi connectivity index (χ0v) is 13.4. The van der Waals surface area contributed by atoms with Gasteiger partial charge in [-0.25, -0.2) is 19.9 Å². The van der Waals surface area contributed by atoms with E-state index in [9.17, 15) is 0 Å². The van der Waals surface area contributed by atoms with Gasteiger partial charge in [0.1, 0.15) is 0 Å². The van der Waals surface area contributed by atoms with Crippen LogP contribution in [0.4, 0.5) is 11.9 Å². The van der Waals surface area contributed by atoms with Crippen LogP contribution in [0.5, 0.6) is 0 Å². The van der Waals surface area contributed by atoms with Gasteiger partial charge in [-0.1, -0.05) is 0 Å². The summed E-state index contributed by atoms with van der Waals surface area (Å²) in [6.07, 6.45) is 3.27. The molecule has 0 aromatic carbocycles. The number of nitrogens with two attached hydrogens (primary N) is 2. The number of aromatic nitrogens is 4. The van der Waals surface area contributed by atoms with E-state index in [1.165, 1.54) is 0 Å². The molecular formula is C10H14Cl2N6Pd. The van der Waals surface area contributed by atoms with E-state index < -0.39 is 0 Å². The van der Waals surface area contributed by atoms with E-state index in [0.29, 0.717) is 11.9 Å². The Balaban J connectivity index is 0.000000284. The molecule has 2 aromatic heterocycles. The number of aryl methyl sites for hydroxylation is 2. The van der Waals surface area contributed by atoms with Crippen LogP contribution in [-0.4, -0.2) is 19.9 Å². The molecule has 2 heterocycles. The monoisotopic (exact) mass is 394 g/mol. The van der Waals surface area contributed by atoms with Crippen LogP contribution in [0.15, 0.2) is 24.5 Å². The van der Waals surface area contributed by atoms with Gasteiger partial charge in [0.25, 0.3) is 0 Å². The van der Waals surface area contributed by atoms with Crippen molar-refractivity contribution >= 4 is 31.0 Å². The molecule has 19 heavy (non-hydrogen) atoms. The first kappa shape index (κ1) is 18.0. The van der Waals surface area contributed by atoms with Gasteiger partial charge in [0.15, 0.2) is 0 Å². The SMILES string of the molecule is Cc1ccnc(N)n1.Cc1ccnc(N)n1.[Cl][Pd][Cl]. The van der Waals surface area contributed by atoms with Crippen LogP contribution in [0.2, 0.25) is 0 Å². The third-order valence-electron chi connectivity index (χ3n) is 1.63. The Morgan fingerprint density at radius 1 is 0.895 bits per heavy atom. The fraction of sp³-hybridized carbons (Fsp3) is 0.200. The van der Waals surface area contributed by atoms with Crippen LogP contribution in [-0.2, 0) is 15.9 Å². The number of halogens is 2. The Kier molecular flexibility index (Phi) is 10.3. The number of hydrogen-bond donors (Lipinski definition) is 2. The predicted octanol–water partition coefficient (Wildman–Crippen LogP) is 2.11. The van der Waals surface area contributed by atoms with Crippen molar-refractivity contribution in [2.24, 2.45) is 0 Å². The third-order valence-corrected chi connectivity index (χ3v) is 1.63. The molecule has 0 saturated carbocycles. The zero-order chi connectivity index (χ0) is 14.7. The van der Waals surface area contributed by atoms with Crippen molar-refractivity contribution in [3.05, 3.63) is 35.9 Å². The summed E-state index contributed by atoms with van der Waals surface area (Å²) in [5.74, 6) is 0.676. The Bertz CT molecular complexity index is 407. The number of rotatable bonds is 0. The summed E-state index contributed by atoms with van der Waals surface area (Å²) in [4.78, 5) is 15.1. The van der Waals surface area contributed by atoms with E-state index in [1.807, 2.05) is 13.8 Å². The second kappa shape index (κ2) is 10.9. The first-order chi connectivity index (χ1) is 8.99. The van der Waals surface area contributed by atoms with Crippen molar-refractivity contribution in [2.45, 2.75) is 13.8 Å². The molecule has 4 N–H and O–H groups in total. The summed E-state index contributed by atoms with van der Waals surface area (Å²) in [5.41, 5.74) is 12.3.